The summed E-state index contributed by atoms with van der Waals surface area (Å²) in [7, 11) is -1.51. The summed E-state index contributed by atoms with van der Waals surface area (Å²) in [6, 6.07) is 23.9. The van der Waals surface area contributed by atoms with Gasteiger partial charge in [0, 0.05) is 0 Å². The Morgan fingerprint density at radius 2 is 1.35 bits per heavy atom. The van der Waals surface area contributed by atoms with Crippen LogP contribution < -0.4 is 6.54 Å². The second-order valence-electron chi connectivity index (χ2n) is 16.6. The summed E-state index contributed by atoms with van der Waals surface area (Å²) in [6.45, 7) is 26.5. The summed E-state index contributed by atoms with van der Waals surface area (Å²) in [5.74, 6) is 0.412. The van der Waals surface area contributed by atoms with Crippen molar-refractivity contribution in [3.63, 3.8) is 0 Å². The van der Waals surface area contributed by atoms with Crippen molar-refractivity contribution in [2.24, 2.45) is 5.92 Å². The zero-order valence-corrected chi connectivity index (χ0v) is 33.7. The Hall–Kier alpha value is -1.31. The van der Waals surface area contributed by atoms with Crippen LogP contribution in [0.25, 0.3) is 11.1 Å². The zero-order chi connectivity index (χ0) is 30.4. The summed E-state index contributed by atoms with van der Waals surface area (Å²) < 4.78 is 13.0. The van der Waals surface area contributed by atoms with Crippen molar-refractivity contribution in [1.82, 2.24) is 0 Å². The third-order valence-corrected chi connectivity index (χ3v) is 27.4. The normalized spacial score (nSPS) is 17.1. The molecule has 0 saturated heterocycles. The average molecular weight is 713 g/mol. The Morgan fingerprint density at radius 1 is 0.791 bits per heavy atom. The van der Waals surface area contributed by atoms with Crippen LogP contribution in [0.4, 0.5) is 0 Å². The van der Waals surface area contributed by atoms with Gasteiger partial charge in [0.15, 0.2) is 0 Å². The number of allylic oxidation sites excluding steroid dienone is 4. The van der Waals surface area contributed by atoms with Gasteiger partial charge in [-0.05, 0) is 0 Å². The molecule has 2 aliphatic carbocycles. The van der Waals surface area contributed by atoms with Gasteiger partial charge in [0.1, 0.15) is 0 Å². The van der Waals surface area contributed by atoms with E-state index in [4.69, 9.17) is 4.21 Å². The molecule has 0 aliphatic heterocycles. The number of rotatable bonds is 4. The van der Waals surface area contributed by atoms with Crippen molar-refractivity contribution in [2.75, 3.05) is 0 Å². The third kappa shape index (κ3) is 5.89. The number of hydrogen-bond donors (Lipinski definition) is 0. The molecular formula is C39H54Cl2SiZr. The molecule has 4 heteroatoms. The van der Waals surface area contributed by atoms with Crippen molar-refractivity contribution >= 4 is 43.6 Å². The van der Waals surface area contributed by atoms with E-state index >= 15 is 0 Å². The summed E-state index contributed by atoms with van der Waals surface area (Å²) >= 11 is -4.38. The first-order valence-electron chi connectivity index (χ1n) is 15.6. The SMILES string of the molecule is Cl.Cl.[CH2]=[Zr]([CH3])([C]1=C(C)C([Si](C)(C)C)=CC1C)([c]1ccccc1)[c]1cc(C(C)(C)C)cc2c1Cc1ccc(C(C)(C)C)cc1-2. The Kier molecular flexibility index (Phi) is 9.66. The number of fused-ring (bicyclic) bond motifs is 3. The van der Waals surface area contributed by atoms with Crippen LogP contribution in [0, 0.1) is 5.92 Å². The summed E-state index contributed by atoms with van der Waals surface area (Å²) in [6.07, 6.45) is 3.63. The van der Waals surface area contributed by atoms with Crippen LogP contribution in [0.2, 0.25) is 24.3 Å². The molecule has 0 fully saturated rings. The van der Waals surface area contributed by atoms with Crippen LogP contribution in [0.1, 0.15) is 77.6 Å². The van der Waals surface area contributed by atoms with E-state index in [1.54, 1.807) is 22.9 Å². The second-order valence-corrected chi connectivity index (χ2v) is 35.6. The monoisotopic (exact) mass is 710 g/mol. The fraction of sp³-hybridized carbons (Fsp3) is 0.410. The molecule has 0 saturated carbocycles. The number of halogens is 2. The predicted octanol–water partition coefficient (Wildman–Crippen LogP) is 10.5. The fourth-order valence-corrected chi connectivity index (χ4v) is 25.2. The first-order valence-corrected chi connectivity index (χ1v) is 27.0. The molecule has 1 unspecified atom stereocenters. The maximum atomic E-state index is 5.60. The molecule has 3 aromatic carbocycles. The predicted molar refractivity (Wildman–Crippen MR) is 199 cm³/mol. The molecule has 0 spiro atoms. The molecule has 3 aromatic rings. The van der Waals surface area contributed by atoms with E-state index in [1.807, 2.05) is 0 Å². The van der Waals surface area contributed by atoms with E-state index in [1.165, 1.54) is 31.1 Å². The van der Waals surface area contributed by atoms with Gasteiger partial charge in [-0.3, -0.25) is 0 Å². The van der Waals surface area contributed by atoms with Crippen LogP contribution in [-0.2, 0) is 35.5 Å². The third-order valence-electron chi connectivity index (χ3n) is 10.3. The van der Waals surface area contributed by atoms with Gasteiger partial charge in [-0.25, -0.2) is 0 Å². The van der Waals surface area contributed by atoms with Gasteiger partial charge in [0.25, 0.3) is 0 Å². The minimum absolute atomic E-state index is 0. The molecule has 2 aliphatic rings. The quantitative estimate of drug-likeness (QED) is 0.185. The van der Waals surface area contributed by atoms with E-state index in [9.17, 15) is 0 Å². The van der Waals surface area contributed by atoms with E-state index < -0.39 is 26.4 Å². The second kappa shape index (κ2) is 11.5. The zero-order valence-electron chi connectivity index (χ0n) is 28.7. The molecule has 0 nitrogen and oxygen atoms in total. The van der Waals surface area contributed by atoms with Crippen molar-refractivity contribution in [2.45, 2.75) is 96.9 Å². The van der Waals surface area contributed by atoms with Gasteiger partial charge in [-0.15, -0.1) is 24.8 Å². The number of benzene rings is 3. The van der Waals surface area contributed by atoms with Gasteiger partial charge >= 0.3 is 254 Å². The van der Waals surface area contributed by atoms with Crippen molar-refractivity contribution < 1.29 is 18.3 Å². The summed E-state index contributed by atoms with van der Waals surface area (Å²) in [5, 5.41) is 1.64. The van der Waals surface area contributed by atoms with E-state index in [2.05, 4.69) is 146 Å². The first-order chi connectivity index (χ1) is 18.7. The van der Waals surface area contributed by atoms with Gasteiger partial charge in [-0.2, -0.15) is 0 Å². The molecule has 0 N–H and O–H groups in total. The molecule has 0 bridgehead atoms. The molecule has 5 rings (SSSR count). The molecule has 0 heterocycles. The van der Waals surface area contributed by atoms with Crippen LogP contribution in [0.3, 0.4) is 0 Å². The average Bonchev–Trinajstić information content (AvgIpc) is 3.39. The summed E-state index contributed by atoms with van der Waals surface area (Å²) in [5.41, 5.74) is 10.5. The van der Waals surface area contributed by atoms with Crippen LogP contribution in [-0.4, -0.2) is 12.3 Å². The van der Waals surface area contributed by atoms with Gasteiger partial charge < -0.3 is 0 Å². The van der Waals surface area contributed by atoms with Crippen LogP contribution in [0.15, 0.2) is 80.8 Å². The number of hydrogen-bond acceptors (Lipinski definition) is 0. The molecule has 0 aromatic heterocycles. The maximum absolute atomic E-state index is 5.60. The Bertz CT molecular complexity index is 1690. The minimum atomic E-state index is -4.38. The molecular weight excluding hydrogens is 659 g/mol. The molecule has 43 heavy (non-hydrogen) atoms. The molecule has 0 radical (unpaired) electrons. The molecule has 1 atom stereocenters. The van der Waals surface area contributed by atoms with Gasteiger partial charge in [0.05, 0.1) is 0 Å². The Morgan fingerprint density at radius 3 is 1.86 bits per heavy atom. The standard InChI is InChI=1S/C21H25.C10H17Si.C6H5.CH3.CH2.2ClH.Zr/c1-20(2,3)16-9-7-14-11-15-8-10-17(21(4,5)6)13-19(15)18(14)12-16;1-8-6-9(2)10(7-8)11(3,4)5;1-2-4-6-5-3-1;;;;;/h7,9-10,12-13H,11H2,1-6H3;7-8H,1-5H3;1-5H;1H3;1H2;2*1H;. The fourth-order valence-electron chi connectivity index (χ4n) is 8.00. The van der Waals surface area contributed by atoms with Crippen LogP contribution in [0.5, 0.6) is 0 Å². The van der Waals surface area contributed by atoms with Gasteiger partial charge in [-0.1, -0.05) is 0 Å². The molecule has 232 valence electrons. The topological polar surface area (TPSA) is 0 Å². The van der Waals surface area contributed by atoms with E-state index in [0.29, 0.717) is 5.92 Å². The summed E-state index contributed by atoms with van der Waals surface area (Å²) in [4.78, 5) is 0. The molecule has 0 amide bonds. The van der Waals surface area contributed by atoms with E-state index in [0.717, 1.165) is 6.42 Å². The Balaban J connectivity index is 0.00000253. The van der Waals surface area contributed by atoms with Gasteiger partial charge in [0.2, 0.25) is 0 Å². The Labute approximate surface area is 276 Å². The van der Waals surface area contributed by atoms with Crippen molar-refractivity contribution in [1.29, 1.82) is 0 Å². The van der Waals surface area contributed by atoms with Crippen molar-refractivity contribution in [3.8, 4) is 11.1 Å². The van der Waals surface area contributed by atoms with E-state index in [-0.39, 0.29) is 35.6 Å². The first kappa shape index (κ1) is 36.2. The van der Waals surface area contributed by atoms with Crippen LogP contribution >= 0.6 is 24.8 Å². The van der Waals surface area contributed by atoms with Crippen molar-refractivity contribution in [3.05, 3.63) is 103 Å².